The van der Waals surface area contributed by atoms with Crippen molar-refractivity contribution in [1.82, 2.24) is 9.55 Å². The smallest absolute Gasteiger partial charge is 0.422 e. The molecule has 4 nitrogen and oxygen atoms in total. The second-order valence-corrected chi connectivity index (χ2v) is 2.92. The molecule has 2 N–H and O–H groups in total. The Morgan fingerprint density at radius 3 is 2.85 bits per heavy atom. The molecule has 2 aromatic rings. The molecule has 2 heterocycles. The van der Waals surface area contributed by atoms with Crippen LogP contribution in [0, 0.1) is 0 Å². The van der Waals surface area contributed by atoms with Gasteiger partial charge in [-0.25, -0.2) is 4.98 Å². The summed E-state index contributed by atoms with van der Waals surface area (Å²) in [6.07, 6.45) is 1.68. The molecule has 0 bridgehead atoms. The Bertz CT molecular complexity index is 439. The molecule has 0 aliphatic rings. The number of rotatable bonds is 1. The Kier molecular flexibility index (Phi) is 1.83. The van der Waals surface area contributed by atoms with Gasteiger partial charge in [0.25, 0.3) is 0 Å². The predicted molar refractivity (Wildman–Crippen MR) is 50.5 cm³/mol. The lowest BCUT2D eigenvalue weighted by Gasteiger charge is -2.00. The molecule has 0 aromatic carbocycles. The standard InChI is InChI=1S/C8H9BN2O2/c1-11-7(9(12)13)5-6-3-2-4-10-8(6)11/h2-5,12-13H,1H3. The fraction of sp³-hybridized carbons (Fsp3) is 0.125. The van der Waals surface area contributed by atoms with Crippen molar-refractivity contribution >= 4 is 23.7 Å². The van der Waals surface area contributed by atoms with Crippen molar-refractivity contribution in [2.24, 2.45) is 7.05 Å². The van der Waals surface area contributed by atoms with Gasteiger partial charge in [0.05, 0.1) is 0 Å². The summed E-state index contributed by atoms with van der Waals surface area (Å²) in [6, 6.07) is 5.41. The number of nitrogens with zero attached hydrogens (tertiary/aromatic N) is 2. The number of fused-ring (bicyclic) bond motifs is 1. The Labute approximate surface area is 75.6 Å². The molecule has 0 amide bonds. The third kappa shape index (κ3) is 1.22. The van der Waals surface area contributed by atoms with Crippen LogP contribution in [0.4, 0.5) is 0 Å². The van der Waals surface area contributed by atoms with Crippen LogP contribution in [0.1, 0.15) is 0 Å². The average molecular weight is 176 g/mol. The van der Waals surface area contributed by atoms with E-state index in [1.54, 1.807) is 23.9 Å². The third-order valence-corrected chi connectivity index (χ3v) is 2.09. The lowest BCUT2D eigenvalue weighted by molar-refractivity contribution is 0.423. The summed E-state index contributed by atoms with van der Waals surface area (Å²) in [5, 5.41) is 18.9. The van der Waals surface area contributed by atoms with Gasteiger partial charge in [-0.05, 0) is 18.2 Å². The molecule has 0 atom stereocenters. The topological polar surface area (TPSA) is 58.3 Å². The zero-order valence-electron chi connectivity index (χ0n) is 7.18. The molecule has 0 fully saturated rings. The molecule has 13 heavy (non-hydrogen) atoms. The SMILES string of the molecule is Cn1c(B(O)O)cc2cccnc21. The van der Waals surface area contributed by atoms with Crippen molar-refractivity contribution in [1.29, 1.82) is 0 Å². The molecule has 0 spiro atoms. The van der Waals surface area contributed by atoms with Crippen LogP contribution in [0.15, 0.2) is 24.4 Å². The van der Waals surface area contributed by atoms with Gasteiger partial charge in [-0.1, -0.05) is 0 Å². The fourth-order valence-corrected chi connectivity index (χ4v) is 1.43. The summed E-state index contributed by atoms with van der Waals surface area (Å²) in [5.41, 5.74) is 1.21. The van der Waals surface area contributed by atoms with Crippen molar-refractivity contribution < 1.29 is 10.0 Å². The first-order valence-electron chi connectivity index (χ1n) is 3.96. The van der Waals surface area contributed by atoms with Gasteiger partial charge in [-0.3, -0.25) is 0 Å². The first-order valence-corrected chi connectivity index (χ1v) is 3.96. The van der Waals surface area contributed by atoms with Crippen LogP contribution >= 0.6 is 0 Å². The Morgan fingerprint density at radius 1 is 1.46 bits per heavy atom. The Hall–Kier alpha value is -1.33. The van der Waals surface area contributed by atoms with Crippen LogP contribution in [0.3, 0.4) is 0 Å². The summed E-state index contributed by atoms with van der Waals surface area (Å²) in [7, 11) is 0.309. The van der Waals surface area contributed by atoms with Crippen molar-refractivity contribution in [2.45, 2.75) is 0 Å². The molecular weight excluding hydrogens is 167 g/mol. The van der Waals surface area contributed by atoms with Gasteiger partial charge in [-0.2, -0.15) is 0 Å². The van der Waals surface area contributed by atoms with Gasteiger partial charge in [-0.15, -0.1) is 0 Å². The highest BCUT2D eigenvalue weighted by atomic mass is 16.4. The quantitative estimate of drug-likeness (QED) is 0.562. The molecule has 66 valence electrons. The van der Waals surface area contributed by atoms with Gasteiger partial charge in [0.2, 0.25) is 0 Å². The first-order chi connectivity index (χ1) is 6.20. The molecule has 0 unspecified atom stereocenters. The maximum absolute atomic E-state index is 9.01. The zero-order valence-corrected chi connectivity index (χ0v) is 7.18. The highest BCUT2D eigenvalue weighted by Gasteiger charge is 2.17. The van der Waals surface area contributed by atoms with E-state index in [-0.39, 0.29) is 0 Å². The highest BCUT2D eigenvalue weighted by molar-refractivity contribution is 6.58. The normalized spacial score (nSPS) is 10.7. The van der Waals surface area contributed by atoms with E-state index >= 15 is 0 Å². The average Bonchev–Trinajstić information content (AvgIpc) is 2.45. The second-order valence-electron chi connectivity index (χ2n) is 2.92. The molecule has 0 radical (unpaired) electrons. The summed E-state index contributed by atoms with van der Waals surface area (Å²) in [6.45, 7) is 0. The Balaban J connectivity index is 2.74. The van der Waals surface area contributed by atoms with E-state index in [9.17, 15) is 0 Å². The van der Waals surface area contributed by atoms with Crippen LogP contribution < -0.4 is 5.59 Å². The number of pyridine rings is 1. The summed E-state index contributed by atoms with van der Waals surface area (Å²) < 4.78 is 1.67. The summed E-state index contributed by atoms with van der Waals surface area (Å²) in [4.78, 5) is 4.12. The number of hydrogen-bond donors (Lipinski definition) is 2. The lowest BCUT2D eigenvalue weighted by atomic mass is 9.86. The minimum absolute atomic E-state index is 0.453. The molecule has 5 heteroatoms. The summed E-state index contributed by atoms with van der Waals surface area (Å²) >= 11 is 0. The Morgan fingerprint density at radius 2 is 2.23 bits per heavy atom. The number of aromatic nitrogens is 2. The van der Waals surface area contributed by atoms with Gasteiger partial charge < -0.3 is 14.6 Å². The van der Waals surface area contributed by atoms with Crippen molar-refractivity contribution in [2.75, 3.05) is 0 Å². The van der Waals surface area contributed by atoms with Gasteiger partial charge in [0.15, 0.2) is 0 Å². The van der Waals surface area contributed by atoms with E-state index in [1.807, 2.05) is 12.1 Å². The van der Waals surface area contributed by atoms with E-state index in [0.717, 1.165) is 11.0 Å². The predicted octanol–water partition coefficient (Wildman–Crippen LogP) is -0.747. The molecular formula is C8H9BN2O2. The van der Waals surface area contributed by atoms with Crippen molar-refractivity contribution in [3.05, 3.63) is 24.4 Å². The summed E-state index contributed by atoms with van der Waals surface area (Å²) in [5.74, 6) is 0. The third-order valence-electron chi connectivity index (χ3n) is 2.09. The zero-order chi connectivity index (χ0) is 9.42. The van der Waals surface area contributed by atoms with Crippen LogP contribution in [0.2, 0.25) is 0 Å². The van der Waals surface area contributed by atoms with E-state index in [4.69, 9.17) is 10.0 Å². The number of hydrogen-bond acceptors (Lipinski definition) is 3. The largest absolute Gasteiger partial charge is 0.506 e. The first kappa shape index (κ1) is 8.28. The molecule has 0 saturated carbocycles. The van der Waals surface area contributed by atoms with Gasteiger partial charge >= 0.3 is 7.12 Å². The van der Waals surface area contributed by atoms with E-state index < -0.39 is 7.12 Å². The maximum atomic E-state index is 9.01. The highest BCUT2D eigenvalue weighted by Crippen LogP contribution is 2.08. The van der Waals surface area contributed by atoms with E-state index in [0.29, 0.717) is 5.59 Å². The van der Waals surface area contributed by atoms with Crippen molar-refractivity contribution in [3.8, 4) is 0 Å². The van der Waals surface area contributed by atoms with Crippen LogP contribution in [0.5, 0.6) is 0 Å². The molecule has 0 aliphatic heterocycles. The monoisotopic (exact) mass is 176 g/mol. The van der Waals surface area contributed by atoms with Gasteiger partial charge in [0.1, 0.15) is 5.65 Å². The van der Waals surface area contributed by atoms with Gasteiger partial charge in [0, 0.05) is 24.2 Å². The molecule has 2 aromatic heterocycles. The molecule has 2 rings (SSSR count). The maximum Gasteiger partial charge on any atom is 0.506 e. The second kappa shape index (κ2) is 2.87. The van der Waals surface area contributed by atoms with Crippen LogP contribution in [0.25, 0.3) is 11.0 Å². The van der Waals surface area contributed by atoms with Crippen molar-refractivity contribution in [3.63, 3.8) is 0 Å². The van der Waals surface area contributed by atoms with E-state index in [1.165, 1.54) is 0 Å². The minimum Gasteiger partial charge on any atom is -0.422 e. The minimum atomic E-state index is -1.45. The van der Waals surface area contributed by atoms with E-state index in [2.05, 4.69) is 4.98 Å². The van der Waals surface area contributed by atoms with Crippen LogP contribution in [-0.2, 0) is 7.05 Å². The lowest BCUT2D eigenvalue weighted by Crippen LogP contribution is -2.34. The molecule has 0 saturated heterocycles. The van der Waals surface area contributed by atoms with Crippen LogP contribution in [-0.4, -0.2) is 26.7 Å². The fourth-order valence-electron chi connectivity index (χ4n) is 1.43. The molecule has 0 aliphatic carbocycles. The number of aryl methyl sites for hydroxylation is 1.